The van der Waals surface area contributed by atoms with Gasteiger partial charge in [-0.25, -0.2) is 0 Å². The van der Waals surface area contributed by atoms with Gasteiger partial charge in [0.1, 0.15) is 0 Å². The van der Waals surface area contributed by atoms with Gasteiger partial charge in [-0.3, -0.25) is 0 Å². The summed E-state index contributed by atoms with van der Waals surface area (Å²) >= 11 is 0. The lowest BCUT2D eigenvalue weighted by Crippen LogP contribution is -2.12. The molecule has 320 valence electrons. The number of aryl methyl sites for hydroxylation is 1. The molecule has 11 aromatic carbocycles. The lowest BCUT2D eigenvalue weighted by molar-refractivity contribution is 0.968. The third-order valence-corrected chi connectivity index (χ3v) is 14.1. The molecule has 0 saturated carbocycles. The van der Waals surface area contributed by atoms with Crippen molar-refractivity contribution in [3.63, 3.8) is 0 Å². The van der Waals surface area contributed by atoms with Gasteiger partial charge in [0.05, 0.1) is 16.9 Å². The number of hydrogen-bond donors (Lipinski definition) is 0. The minimum atomic E-state index is 1.05. The molecule has 0 atom stereocenters. The minimum absolute atomic E-state index is 1.05. The lowest BCUT2D eigenvalue weighted by Gasteiger charge is -2.30. The molecule has 0 aliphatic heterocycles. The molecule has 0 spiro atoms. The molecule has 1 aliphatic carbocycles. The predicted molar refractivity (Wildman–Crippen MR) is 290 cm³/mol. The second kappa shape index (κ2) is 16.6. The Bertz CT molecular complexity index is 3890. The second-order valence-electron chi connectivity index (χ2n) is 17.9. The zero-order valence-electron chi connectivity index (χ0n) is 37.6. The largest absolute Gasteiger partial charge is 0.310 e. The normalized spacial score (nSPS) is 12.2. The van der Waals surface area contributed by atoms with E-state index in [0.717, 1.165) is 57.8 Å². The summed E-state index contributed by atoms with van der Waals surface area (Å²) in [7, 11) is 0. The Labute approximate surface area is 397 Å². The van der Waals surface area contributed by atoms with Crippen LogP contribution in [0.15, 0.2) is 249 Å². The van der Waals surface area contributed by atoms with Gasteiger partial charge in [-0.15, -0.1) is 0 Å². The van der Waals surface area contributed by atoms with Crippen molar-refractivity contribution in [3.8, 4) is 50.2 Å². The van der Waals surface area contributed by atoms with E-state index in [1.165, 1.54) is 76.7 Å². The minimum Gasteiger partial charge on any atom is -0.310 e. The number of allylic oxidation sites excluding steroid dienone is 1. The van der Waals surface area contributed by atoms with Crippen LogP contribution in [0, 0.1) is 0 Å². The maximum absolute atomic E-state index is 2.47. The molecule has 0 radical (unpaired) electrons. The van der Waals surface area contributed by atoms with E-state index in [0.29, 0.717) is 0 Å². The Hall–Kier alpha value is -8.72. The quantitative estimate of drug-likeness (QED) is 0.138. The zero-order chi connectivity index (χ0) is 45.0. The number of fused-ring (bicyclic) bond motifs is 8. The number of nitrogens with zero attached hydrogens (tertiary/aromatic N) is 2. The van der Waals surface area contributed by atoms with Gasteiger partial charge < -0.3 is 9.47 Å². The van der Waals surface area contributed by atoms with E-state index in [1.54, 1.807) is 0 Å². The Balaban J connectivity index is 0.985. The first kappa shape index (κ1) is 39.6. The molecular formula is C66H46N2. The number of para-hydroxylation sites is 3. The number of anilines is 3. The molecule has 0 saturated heterocycles. The standard InChI is InChI=1S/C66H46N2/c1-2-17-45(18-3-1)46-33-35-48(36-34-46)54-23-8-12-29-63(54)67(51-40-37-49(38-41-51)61-44-62-53-22-5-4-19-47(53)39-42-58(62)56-25-6-7-26-57(56)61)64-30-13-9-24-55(64)50-20-16-21-52(43-50)68-65-31-14-10-27-59(65)60-28-11-15-32-66(60)68/h1-10,12-27,29-44H,11,28H2. The summed E-state index contributed by atoms with van der Waals surface area (Å²) in [6, 6.07) is 89.2. The van der Waals surface area contributed by atoms with Crippen LogP contribution in [0.4, 0.5) is 17.1 Å². The van der Waals surface area contributed by atoms with Gasteiger partial charge in [0.25, 0.3) is 0 Å². The molecule has 0 N–H and O–H groups in total. The van der Waals surface area contributed by atoms with Gasteiger partial charge in [0.2, 0.25) is 0 Å². The first-order chi connectivity index (χ1) is 33.7. The third-order valence-electron chi connectivity index (χ3n) is 14.1. The van der Waals surface area contributed by atoms with E-state index in [9.17, 15) is 0 Å². The van der Waals surface area contributed by atoms with Crippen LogP contribution in [0.2, 0.25) is 0 Å². The Kier molecular flexibility index (Phi) is 9.68. The molecule has 0 amide bonds. The van der Waals surface area contributed by atoms with Gasteiger partial charge >= 0.3 is 0 Å². The molecule has 1 heterocycles. The maximum atomic E-state index is 2.47. The first-order valence-corrected chi connectivity index (χ1v) is 23.7. The Morgan fingerprint density at radius 2 is 0.926 bits per heavy atom. The zero-order valence-corrected chi connectivity index (χ0v) is 37.6. The SMILES string of the molecule is C1=Cc2c(c3ccccc3n2-c2cccc(-c3ccccc3N(c3ccc(-c4cc5c6ccccc6ccc5c5ccccc45)cc3)c3ccccc3-c3ccc(-c4ccccc4)cc3)c2)CC1. The summed E-state index contributed by atoms with van der Waals surface area (Å²) in [5.74, 6) is 0. The average Bonchev–Trinajstić information content (AvgIpc) is 3.76. The van der Waals surface area contributed by atoms with Crippen LogP contribution in [0.3, 0.4) is 0 Å². The van der Waals surface area contributed by atoms with Crippen LogP contribution in [0.1, 0.15) is 17.7 Å². The second-order valence-corrected chi connectivity index (χ2v) is 17.9. The first-order valence-electron chi connectivity index (χ1n) is 23.7. The van der Waals surface area contributed by atoms with Crippen molar-refractivity contribution in [1.29, 1.82) is 0 Å². The van der Waals surface area contributed by atoms with E-state index in [-0.39, 0.29) is 0 Å². The number of rotatable bonds is 8. The van der Waals surface area contributed by atoms with Gasteiger partial charge in [-0.1, -0.05) is 200 Å². The molecule has 2 nitrogen and oxygen atoms in total. The Morgan fingerprint density at radius 3 is 1.72 bits per heavy atom. The monoisotopic (exact) mass is 866 g/mol. The molecule has 68 heavy (non-hydrogen) atoms. The van der Waals surface area contributed by atoms with Crippen LogP contribution in [-0.2, 0) is 6.42 Å². The van der Waals surface area contributed by atoms with Crippen molar-refractivity contribution in [2.24, 2.45) is 0 Å². The predicted octanol–water partition coefficient (Wildman–Crippen LogP) is 18.2. The van der Waals surface area contributed by atoms with E-state index in [4.69, 9.17) is 0 Å². The summed E-state index contributed by atoms with van der Waals surface area (Å²) in [6.45, 7) is 0. The molecule has 0 fully saturated rings. The van der Waals surface area contributed by atoms with Gasteiger partial charge in [-0.2, -0.15) is 0 Å². The highest BCUT2D eigenvalue weighted by atomic mass is 15.1. The smallest absolute Gasteiger partial charge is 0.0540 e. The molecule has 0 unspecified atom stereocenters. The number of hydrogen-bond acceptors (Lipinski definition) is 1. The van der Waals surface area contributed by atoms with Crippen LogP contribution in [0.5, 0.6) is 0 Å². The highest BCUT2D eigenvalue weighted by molar-refractivity contribution is 6.21. The molecule has 1 aliphatic rings. The van der Waals surface area contributed by atoms with Crippen molar-refractivity contribution >= 4 is 66.4 Å². The van der Waals surface area contributed by atoms with Crippen molar-refractivity contribution in [2.75, 3.05) is 4.90 Å². The van der Waals surface area contributed by atoms with Gasteiger partial charge in [0, 0.05) is 33.6 Å². The maximum Gasteiger partial charge on any atom is 0.0540 e. The highest BCUT2D eigenvalue weighted by Gasteiger charge is 2.23. The van der Waals surface area contributed by atoms with Crippen LogP contribution in [-0.4, -0.2) is 4.57 Å². The molecular weight excluding hydrogens is 821 g/mol. The van der Waals surface area contributed by atoms with Crippen molar-refractivity contribution in [2.45, 2.75) is 12.8 Å². The molecule has 1 aromatic heterocycles. The average molecular weight is 867 g/mol. The molecule has 0 bridgehead atoms. The fraction of sp³-hybridized carbons (Fsp3) is 0.0303. The van der Waals surface area contributed by atoms with E-state index in [2.05, 4.69) is 264 Å². The summed E-state index contributed by atoms with van der Waals surface area (Å²) < 4.78 is 2.45. The van der Waals surface area contributed by atoms with Crippen LogP contribution in [0.25, 0.3) is 99.5 Å². The summed E-state index contributed by atoms with van der Waals surface area (Å²) in [5, 5.41) is 8.94. The lowest BCUT2D eigenvalue weighted by atomic mass is 9.91. The fourth-order valence-corrected chi connectivity index (χ4v) is 10.9. The van der Waals surface area contributed by atoms with Gasteiger partial charge in [-0.05, 0) is 139 Å². The highest BCUT2D eigenvalue weighted by Crippen LogP contribution is 2.47. The van der Waals surface area contributed by atoms with Crippen molar-refractivity contribution in [3.05, 3.63) is 260 Å². The fourth-order valence-electron chi connectivity index (χ4n) is 10.9. The molecule has 12 aromatic rings. The topological polar surface area (TPSA) is 8.17 Å². The van der Waals surface area contributed by atoms with Gasteiger partial charge in [0.15, 0.2) is 0 Å². The number of benzene rings is 11. The molecule has 2 heteroatoms. The van der Waals surface area contributed by atoms with Crippen LogP contribution < -0.4 is 4.90 Å². The van der Waals surface area contributed by atoms with Crippen molar-refractivity contribution < 1.29 is 0 Å². The number of aromatic nitrogens is 1. The van der Waals surface area contributed by atoms with E-state index >= 15 is 0 Å². The van der Waals surface area contributed by atoms with E-state index < -0.39 is 0 Å². The van der Waals surface area contributed by atoms with E-state index in [1.807, 2.05) is 0 Å². The molecule has 13 rings (SSSR count). The van der Waals surface area contributed by atoms with Crippen LogP contribution >= 0.6 is 0 Å². The van der Waals surface area contributed by atoms with Crippen molar-refractivity contribution in [1.82, 2.24) is 4.57 Å². The summed E-state index contributed by atoms with van der Waals surface area (Å²) in [4.78, 5) is 2.47. The summed E-state index contributed by atoms with van der Waals surface area (Å²) in [5.41, 5.74) is 17.9. The summed E-state index contributed by atoms with van der Waals surface area (Å²) in [6.07, 6.45) is 6.76. The Morgan fingerprint density at radius 1 is 0.353 bits per heavy atom. The third kappa shape index (κ3) is 6.72.